The summed E-state index contributed by atoms with van der Waals surface area (Å²) in [5, 5.41) is 4.96. The lowest BCUT2D eigenvalue weighted by Crippen LogP contribution is -2.43. The number of likely N-dealkylation sites (tertiary alicyclic amines) is 1. The Morgan fingerprint density at radius 2 is 1.96 bits per heavy atom. The Morgan fingerprint density at radius 3 is 2.75 bits per heavy atom. The van der Waals surface area contributed by atoms with Gasteiger partial charge in [-0.15, -0.1) is 11.3 Å². The minimum absolute atomic E-state index is 0.0113. The Hall–Kier alpha value is -2.38. The van der Waals surface area contributed by atoms with E-state index in [0.717, 1.165) is 55.4 Å². The van der Waals surface area contributed by atoms with Crippen LogP contribution in [0.4, 0.5) is 11.4 Å². The summed E-state index contributed by atoms with van der Waals surface area (Å²) in [4.78, 5) is 30.2. The molecule has 148 valence electrons. The van der Waals surface area contributed by atoms with Gasteiger partial charge in [-0.3, -0.25) is 9.59 Å². The van der Waals surface area contributed by atoms with E-state index in [1.807, 2.05) is 40.6 Å². The molecule has 1 aromatic carbocycles. The lowest BCUT2D eigenvalue weighted by molar-refractivity contribution is -0.121. The first-order valence-electron chi connectivity index (χ1n) is 9.77. The summed E-state index contributed by atoms with van der Waals surface area (Å²) < 4.78 is 5.41. The maximum Gasteiger partial charge on any atom is 0.263 e. The number of nitrogens with one attached hydrogen (secondary N) is 1. The Labute approximate surface area is 169 Å². The minimum atomic E-state index is -0.176. The van der Waals surface area contributed by atoms with Gasteiger partial charge in [0.15, 0.2) is 0 Å². The van der Waals surface area contributed by atoms with E-state index in [4.69, 9.17) is 4.74 Å². The van der Waals surface area contributed by atoms with E-state index >= 15 is 0 Å². The fourth-order valence-corrected chi connectivity index (χ4v) is 4.47. The molecular formula is C21H25N3O3S. The third kappa shape index (κ3) is 4.36. The van der Waals surface area contributed by atoms with Crippen LogP contribution in [0.5, 0.6) is 0 Å². The Balaban J connectivity index is 1.38. The molecule has 1 unspecified atom stereocenters. The van der Waals surface area contributed by atoms with Gasteiger partial charge < -0.3 is 19.9 Å². The van der Waals surface area contributed by atoms with E-state index in [1.165, 1.54) is 11.3 Å². The summed E-state index contributed by atoms with van der Waals surface area (Å²) in [6, 6.07) is 11.7. The molecule has 7 heteroatoms. The third-order valence-corrected chi connectivity index (χ3v) is 6.16. The van der Waals surface area contributed by atoms with Crippen molar-refractivity contribution in [3.8, 4) is 0 Å². The van der Waals surface area contributed by atoms with E-state index in [1.54, 1.807) is 0 Å². The second kappa shape index (κ2) is 8.75. The number of piperidine rings is 1. The number of thiophene rings is 1. The monoisotopic (exact) mass is 399 g/mol. The fourth-order valence-electron chi connectivity index (χ4n) is 3.78. The summed E-state index contributed by atoms with van der Waals surface area (Å²) in [6.07, 6.45) is 1.66. The maximum atomic E-state index is 12.8. The quantitative estimate of drug-likeness (QED) is 0.858. The van der Waals surface area contributed by atoms with Crippen LogP contribution in [0.1, 0.15) is 22.5 Å². The zero-order valence-electron chi connectivity index (χ0n) is 15.8. The Morgan fingerprint density at radius 1 is 1.11 bits per heavy atom. The number of ether oxygens (including phenoxy) is 1. The highest BCUT2D eigenvalue weighted by Gasteiger charge is 2.29. The predicted octanol–water partition coefficient (Wildman–Crippen LogP) is 3.08. The standard InChI is InChI=1S/C21H25N3O3S/c25-20(16-4-2-8-24(15-16)21(26)19-7-3-13-28-19)22-17-5-1-6-18(14-17)23-9-11-27-12-10-23/h1,3,5-7,13-14,16H,2,4,8-12,15H2,(H,22,25). The molecule has 2 aliphatic rings. The number of hydrogen-bond donors (Lipinski definition) is 1. The molecule has 3 heterocycles. The zero-order chi connectivity index (χ0) is 19.3. The van der Waals surface area contributed by atoms with Gasteiger partial charge in [-0.05, 0) is 42.5 Å². The van der Waals surface area contributed by atoms with Gasteiger partial charge in [-0.2, -0.15) is 0 Å². The van der Waals surface area contributed by atoms with Crippen molar-refractivity contribution < 1.29 is 14.3 Å². The SMILES string of the molecule is O=C(Nc1cccc(N2CCOCC2)c1)C1CCCN(C(=O)c2cccs2)C1. The highest BCUT2D eigenvalue weighted by Crippen LogP contribution is 2.24. The first-order chi connectivity index (χ1) is 13.7. The number of hydrogen-bond acceptors (Lipinski definition) is 5. The molecule has 6 nitrogen and oxygen atoms in total. The van der Waals surface area contributed by atoms with Crippen LogP contribution in [0.2, 0.25) is 0 Å². The molecule has 1 N–H and O–H groups in total. The molecule has 1 atom stereocenters. The number of amides is 2. The Bertz CT molecular complexity index is 818. The predicted molar refractivity (Wildman–Crippen MR) is 111 cm³/mol. The molecule has 4 rings (SSSR count). The molecule has 0 radical (unpaired) electrons. The molecular weight excluding hydrogens is 374 g/mol. The molecule has 2 fully saturated rings. The molecule has 2 amide bonds. The lowest BCUT2D eigenvalue weighted by Gasteiger charge is -2.32. The van der Waals surface area contributed by atoms with E-state index in [9.17, 15) is 9.59 Å². The topological polar surface area (TPSA) is 61.9 Å². The van der Waals surface area contributed by atoms with Crippen molar-refractivity contribution in [3.05, 3.63) is 46.7 Å². The van der Waals surface area contributed by atoms with Crippen LogP contribution in [-0.4, -0.2) is 56.1 Å². The van der Waals surface area contributed by atoms with Crippen LogP contribution in [0.25, 0.3) is 0 Å². The second-order valence-electron chi connectivity index (χ2n) is 7.21. The van der Waals surface area contributed by atoms with Crippen molar-refractivity contribution in [1.82, 2.24) is 4.90 Å². The number of carbonyl (C=O) groups excluding carboxylic acids is 2. The fraction of sp³-hybridized carbons (Fsp3) is 0.429. The highest BCUT2D eigenvalue weighted by molar-refractivity contribution is 7.12. The van der Waals surface area contributed by atoms with Crippen LogP contribution >= 0.6 is 11.3 Å². The average molecular weight is 400 g/mol. The van der Waals surface area contributed by atoms with Crippen molar-refractivity contribution in [1.29, 1.82) is 0 Å². The van der Waals surface area contributed by atoms with Gasteiger partial charge in [-0.1, -0.05) is 12.1 Å². The molecule has 0 spiro atoms. The first kappa shape index (κ1) is 19.0. The van der Waals surface area contributed by atoms with Crippen molar-refractivity contribution in [2.45, 2.75) is 12.8 Å². The minimum Gasteiger partial charge on any atom is -0.378 e. The Kier molecular flexibility index (Phi) is 5.92. The molecule has 0 saturated carbocycles. The maximum absolute atomic E-state index is 12.8. The smallest absolute Gasteiger partial charge is 0.263 e. The molecule has 2 aromatic rings. The van der Waals surface area contributed by atoms with Crippen LogP contribution < -0.4 is 10.2 Å². The van der Waals surface area contributed by atoms with Gasteiger partial charge >= 0.3 is 0 Å². The van der Waals surface area contributed by atoms with Gasteiger partial charge in [-0.25, -0.2) is 0 Å². The normalized spacial score (nSPS) is 20.1. The second-order valence-corrected chi connectivity index (χ2v) is 8.15. The van der Waals surface area contributed by atoms with E-state index in [2.05, 4.69) is 16.3 Å². The van der Waals surface area contributed by atoms with Crippen LogP contribution in [0, 0.1) is 5.92 Å². The molecule has 0 aliphatic carbocycles. The van der Waals surface area contributed by atoms with Crippen molar-refractivity contribution in [3.63, 3.8) is 0 Å². The number of morpholine rings is 1. The third-order valence-electron chi connectivity index (χ3n) is 5.30. The molecule has 28 heavy (non-hydrogen) atoms. The number of rotatable bonds is 4. The summed E-state index contributed by atoms with van der Waals surface area (Å²) in [5.74, 6) is -0.158. The van der Waals surface area contributed by atoms with Crippen LogP contribution in [0.3, 0.4) is 0 Å². The zero-order valence-corrected chi connectivity index (χ0v) is 16.6. The summed E-state index contributed by atoms with van der Waals surface area (Å²) in [5.41, 5.74) is 1.90. The van der Waals surface area contributed by atoms with Gasteiger partial charge in [0.25, 0.3) is 5.91 Å². The molecule has 0 bridgehead atoms. The number of benzene rings is 1. The average Bonchev–Trinajstić information content (AvgIpc) is 3.29. The van der Waals surface area contributed by atoms with Crippen molar-refractivity contribution in [2.75, 3.05) is 49.6 Å². The molecule has 2 saturated heterocycles. The van der Waals surface area contributed by atoms with E-state index in [-0.39, 0.29) is 17.7 Å². The van der Waals surface area contributed by atoms with Gasteiger partial charge in [0, 0.05) is 37.6 Å². The molecule has 1 aromatic heterocycles. The van der Waals surface area contributed by atoms with E-state index < -0.39 is 0 Å². The number of carbonyl (C=O) groups is 2. The van der Waals surface area contributed by atoms with Crippen molar-refractivity contribution in [2.24, 2.45) is 5.92 Å². The number of anilines is 2. The summed E-state index contributed by atoms with van der Waals surface area (Å²) >= 11 is 1.45. The highest BCUT2D eigenvalue weighted by atomic mass is 32.1. The van der Waals surface area contributed by atoms with Gasteiger partial charge in [0.2, 0.25) is 5.91 Å². The van der Waals surface area contributed by atoms with Crippen LogP contribution in [0.15, 0.2) is 41.8 Å². The number of nitrogens with zero attached hydrogens (tertiary/aromatic N) is 2. The summed E-state index contributed by atoms with van der Waals surface area (Å²) in [7, 11) is 0. The van der Waals surface area contributed by atoms with Crippen LogP contribution in [-0.2, 0) is 9.53 Å². The molecule has 2 aliphatic heterocycles. The van der Waals surface area contributed by atoms with Gasteiger partial charge in [0.05, 0.1) is 24.0 Å². The van der Waals surface area contributed by atoms with Gasteiger partial charge in [0.1, 0.15) is 0 Å². The summed E-state index contributed by atoms with van der Waals surface area (Å²) in [6.45, 7) is 4.37. The van der Waals surface area contributed by atoms with E-state index in [0.29, 0.717) is 13.1 Å². The lowest BCUT2D eigenvalue weighted by atomic mass is 9.97. The van der Waals surface area contributed by atoms with Crippen molar-refractivity contribution >= 4 is 34.5 Å². The first-order valence-corrected chi connectivity index (χ1v) is 10.6. The largest absolute Gasteiger partial charge is 0.378 e.